The fourth-order valence-corrected chi connectivity index (χ4v) is 2.38. The molecule has 0 aromatic rings. The second-order valence-corrected chi connectivity index (χ2v) is 5.21. The van der Waals surface area contributed by atoms with Gasteiger partial charge in [0.25, 0.3) is 0 Å². The fourth-order valence-electron chi connectivity index (χ4n) is 2.38. The van der Waals surface area contributed by atoms with Crippen LogP contribution in [0.2, 0.25) is 0 Å². The van der Waals surface area contributed by atoms with Crippen molar-refractivity contribution in [2.45, 2.75) is 70.9 Å². The molecule has 0 spiro atoms. The molecule has 0 radical (unpaired) electrons. The topological polar surface area (TPSA) is 55.1 Å². The van der Waals surface area contributed by atoms with Crippen molar-refractivity contribution in [2.75, 3.05) is 0 Å². The van der Waals surface area contributed by atoms with Crippen molar-refractivity contribution in [3.05, 3.63) is 0 Å². The maximum Gasteiger partial charge on any atom is 0.220 e. The lowest BCUT2D eigenvalue weighted by Crippen LogP contribution is -2.33. The van der Waals surface area contributed by atoms with E-state index in [1.807, 2.05) is 0 Å². The van der Waals surface area contributed by atoms with Gasteiger partial charge in [0, 0.05) is 18.5 Å². The van der Waals surface area contributed by atoms with Crippen LogP contribution in [-0.4, -0.2) is 18.0 Å². The monoisotopic (exact) mass is 226 g/mol. The number of nitrogens with two attached hydrogens (primary N) is 1. The van der Waals surface area contributed by atoms with Gasteiger partial charge in [-0.3, -0.25) is 4.79 Å². The Kier molecular flexibility index (Phi) is 5.81. The summed E-state index contributed by atoms with van der Waals surface area (Å²) in [5.74, 6) is 0.875. The highest BCUT2D eigenvalue weighted by molar-refractivity contribution is 5.76. The van der Waals surface area contributed by atoms with Crippen LogP contribution in [0, 0.1) is 5.92 Å². The van der Waals surface area contributed by atoms with Crippen molar-refractivity contribution >= 4 is 5.91 Å². The van der Waals surface area contributed by atoms with E-state index in [0.29, 0.717) is 24.4 Å². The predicted molar refractivity (Wildman–Crippen MR) is 67.1 cm³/mol. The summed E-state index contributed by atoms with van der Waals surface area (Å²) in [4.78, 5) is 11.6. The van der Waals surface area contributed by atoms with Crippen molar-refractivity contribution < 1.29 is 4.79 Å². The van der Waals surface area contributed by atoms with Crippen LogP contribution in [0.1, 0.15) is 58.8 Å². The molecule has 3 unspecified atom stereocenters. The lowest BCUT2D eigenvalue weighted by molar-refractivity contribution is -0.122. The molecule has 0 heterocycles. The molecule has 0 saturated heterocycles. The lowest BCUT2D eigenvalue weighted by atomic mass is 9.83. The van der Waals surface area contributed by atoms with Crippen LogP contribution < -0.4 is 11.1 Å². The van der Waals surface area contributed by atoms with Gasteiger partial charge in [0.05, 0.1) is 0 Å². The van der Waals surface area contributed by atoms with Gasteiger partial charge >= 0.3 is 0 Å². The third kappa shape index (κ3) is 4.97. The maximum absolute atomic E-state index is 11.6. The van der Waals surface area contributed by atoms with Crippen LogP contribution in [0.3, 0.4) is 0 Å². The molecule has 16 heavy (non-hydrogen) atoms. The first kappa shape index (κ1) is 13.5. The summed E-state index contributed by atoms with van der Waals surface area (Å²) in [7, 11) is 0. The first-order valence-electron chi connectivity index (χ1n) is 6.66. The minimum absolute atomic E-state index is 0.202. The highest BCUT2D eigenvalue weighted by atomic mass is 16.1. The Bertz CT molecular complexity index is 218. The Morgan fingerprint density at radius 1 is 1.50 bits per heavy atom. The molecule has 1 aliphatic carbocycles. The van der Waals surface area contributed by atoms with E-state index in [2.05, 4.69) is 19.2 Å². The summed E-state index contributed by atoms with van der Waals surface area (Å²) in [5.41, 5.74) is 5.93. The van der Waals surface area contributed by atoms with Gasteiger partial charge in [0.15, 0.2) is 0 Å². The summed E-state index contributed by atoms with van der Waals surface area (Å²) in [6, 6.07) is 0.678. The van der Waals surface area contributed by atoms with Crippen molar-refractivity contribution in [2.24, 2.45) is 11.7 Å². The summed E-state index contributed by atoms with van der Waals surface area (Å²) >= 11 is 0. The third-order valence-electron chi connectivity index (χ3n) is 3.62. The lowest BCUT2D eigenvalue weighted by Gasteiger charge is -2.26. The standard InChI is InChI=1S/C13H26N2O/c1-3-10(2)15-13(16)8-7-11-5-4-6-12(14)9-11/h10-12H,3-9,14H2,1-2H3,(H,15,16). The fraction of sp³-hybridized carbons (Fsp3) is 0.923. The largest absolute Gasteiger partial charge is 0.354 e. The van der Waals surface area contributed by atoms with Gasteiger partial charge in [-0.1, -0.05) is 19.8 Å². The van der Waals surface area contributed by atoms with Gasteiger partial charge in [-0.15, -0.1) is 0 Å². The van der Waals surface area contributed by atoms with E-state index in [4.69, 9.17) is 5.73 Å². The molecule has 3 atom stereocenters. The average molecular weight is 226 g/mol. The van der Waals surface area contributed by atoms with Crippen LogP contribution in [0.25, 0.3) is 0 Å². The van der Waals surface area contributed by atoms with Gasteiger partial charge in [0.2, 0.25) is 5.91 Å². The van der Waals surface area contributed by atoms with Crippen molar-refractivity contribution in [1.82, 2.24) is 5.32 Å². The van der Waals surface area contributed by atoms with Crippen molar-refractivity contribution in [1.29, 1.82) is 0 Å². The minimum Gasteiger partial charge on any atom is -0.354 e. The molecule has 1 rings (SSSR count). The second-order valence-electron chi connectivity index (χ2n) is 5.21. The van der Waals surface area contributed by atoms with E-state index in [1.54, 1.807) is 0 Å². The number of hydrogen-bond acceptors (Lipinski definition) is 2. The normalized spacial score (nSPS) is 27.4. The number of rotatable bonds is 5. The van der Waals surface area contributed by atoms with E-state index < -0.39 is 0 Å². The molecule has 1 fully saturated rings. The molecule has 3 nitrogen and oxygen atoms in total. The SMILES string of the molecule is CCC(C)NC(=O)CCC1CCCC(N)C1. The number of amides is 1. The molecule has 0 aromatic heterocycles. The van der Waals surface area contributed by atoms with E-state index in [0.717, 1.165) is 25.7 Å². The van der Waals surface area contributed by atoms with Crippen LogP contribution >= 0.6 is 0 Å². The van der Waals surface area contributed by atoms with Crippen LogP contribution in [0.15, 0.2) is 0 Å². The number of hydrogen-bond donors (Lipinski definition) is 2. The predicted octanol–water partition coefficient (Wildman–Crippen LogP) is 2.20. The Morgan fingerprint density at radius 2 is 2.25 bits per heavy atom. The molecule has 3 N–H and O–H groups in total. The zero-order chi connectivity index (χ0) is 12.0. The zero-order valence-electron chi connectivity index (χ0n) is 10.7. The Labute approximate surface area is 99.2 Å². The Morgan fingerprint density at radius 3 is 2.88 bits per heavy atom. The third-order valence-corrected chi connectivity index (χ3v) is 3.62. The second kappa shape index (κ2) is 6.89. The van der Waals surface area contributed by atoms with E-state index in [-0.39, 0.29) is 5.91 Å². The summed E-state index contributed by atoms with van der Waals surface area (Å²) in [5, 5.41) is 3.01. The highest BCUT2D eigenvalue weighted by Gasteiger charge is 2.19. The molecule has 0 bridgehead atoms. The molecule has 3 heteroatoms. The molecule has 0 aliphatic heterocycles. The summed E-state index contributed by atoms with van der Waals surface area (Å²) in [6.45, 7) is 4.14. The van der Waals surface area contributed by atoms with Crippen LogP contribution in [0.5, 0.6) is 0 Å². The highest BCUT2D eigenvalue weighted by Crippen LogP contribution is 2.26. The quantitative estimate of drug-likeness (QED) is 0.755. The van der Waals surface area contributed by atoms with E-state index >= 15 is 0 Å². The van der Waals surface area contributed by atoms with Gasteiger partial charge in [-0.2, -0.15) is 0 Å². The molecular weight excluding hydrogens is 200 g/mol. The Balaban J connectivity index is 2.15. The summed E-state index contributed by atoms with van der Waals surface area (Å²) in [6.07, 6.45) is 7.44. The van der Waals surface area contributed by atoms with Gasteiger partial charge in [-0.25, -0.2) is 0 Å². The van der Waals surface area contributed by atoms with Crippen LogP contribution in [0.4, 0.5) is 0 Å². The van der Waals surface area contributed by atoms with Crippen molar-refractivity contribution in [3.63, 3.8) is 0 Å². The molecule has 1 amide bonds. The minimum atomic E-state index is 0.202. The molecular formula is C13H26N2O. The summed E-state index contributed by atoms with van der Waals surface area (Å²) < 4.78 is 0. The first-order chi connectivity index (χ1) is 7.61. The van der Waals surface area contributed by atoms with Gasteiger partial charge in [0.1, 0.15) is 0 Å². The first-order valence-corrected chi connectivity index (χ1v) is 6.66. The zero-order valence-corrected chi connectivity index (χ0v) is 10.7. The van der Waals surface area contributed by atoms with Crippen molar-refractivity contribution in [3.8, 4) is 0 Å². The number of nitrogens with one attached hydrogen (secondary N) is 1. The number of carbonyl (C=O) groups is 1. The maximum atomic E-state index is 11.6. The van der Waals surface area contributed by atoms with E-state index in [9.17, 15) is 4.79 Å². The Hall–Kier alpha value is -0.570. The van der Waals surface area contributed by atoms with Gasteiger partial charge < -0.3 is 11.1 Å². The molecule has 1 saturated carbocycles. The van der Waals surface area contributed by atoms with Crippen LogP contribution in [-0.2, 0) is 4.79 Å². The van der Waals surface area contributed by atoms with E-state index in [1.165, 1.54) is 12.8 Å². The molecule has 0 aromatic carbocycles. The van der Waals surface area contributed by atoms with Gasteiger partial charge in [-0.05, 0) is 38.5 Å². The number of carbonyl (C=O) groups excluding carboxylic acids is 1. The molecule has 1 aliphatic rings. The smallest absolute Gasteiger partial charge is 0.220 e. The average Bonchev–Trinajstić information content (AvgIpc) is 2.26. The molecule has 94 valence electrons.